The maximum atomic E-state index is 12.7. The van der Waals surface area contributed by atoms with Crippen LogP contribution in [-0.4, -0.2) is 92.4 Å². The van der Waals surface area contributed by atoms with Crippen LogP contribution in [0.25, 0.3) is 0 Å². The first-order chi connectivity index (χ1) is 16.0. The lowest BCUT2D eigenvalue weighted by molar-refractivity contribution is -0.136. The summed E-state index contributed by atoms with van der Waals surface area (Å²) in [7, 11) is 1.26. The number of urea groups is 1. The largest absolute Gasteiger partial charge is 0.465 e. The second-order valence-electron chi connectivity index (χ2n) is 8.21. The van der Waals surface area contributed by atoms with E-state index in [1.54, 1.807) is 6.08 Å². The van der Waals surface area contributed by atoms with Gasteiger partial charge in [0.15, 0.2) is 0 Å². The highest BCUT2D eigenvalue weighted by Crippen LogP contribution is 2.23. The number of methoxy groups -OCH3 is 1. The number of hydrogen-bond donors (Lipinski definition) is 1. The fourth-order valence-electron chi connectivity index (χ4n) is 3.97. The number of carbonyl (C=O) groups excluding carboxylic acids is 4. The second-order valence-corrected chi connectivity index (χ2v) is 8.21. The molecule has 0 aromatic carbocycles. The zero-order valence-electron chi connectivity index (χ0n) is 19.1. The Morgan fingerprint density at radius 3 is 2.70 bits per heavy atom. The number of nitrogens with one attached hydrogen (secondary N) is 1. The topological polar surface area (TPSA) is 118 Å². The highest BCUT2D eigenvalue weighted by Gasteiger charge is 2.36. The highest BCUT2D eigenvalue weighted by molar-refractivity contribution is 6.23. The van der Waals surface area contributed by atoms with Crippen molar-refractivity contribution in [2.24, 2.45) is 10.9 Å². The molecular formula is C23H32N4O6. The monoisotopic (exact) mass is 460 g/mol. The average molecular weight is 461 g/mol. The Hall–Kier alpha value is -2.85. The number of fused-ring (bicyclic) bond motifs is 1. The molecule has 33 heavy (non-hydrogen) atoms. The van der Waals surface area contributed by atoms with Crippen molar-refractivity contribution in [3.63, 3.8) is 0 Å². The molecule has 1 saturated heterocycles. The van der Waals surface area contributed by atoms with Gasteiger partial charge in [0.25, 0.3) is 0 Å². The van der Waals surface area contributed by atoms with E-state index in [0.29, 0.717) is 25.8 Å². The molecule has 2 heterocycles. The van der Waals surface area contributed by atoms with Gasteiger partial charge in [0.1, 0.15) is 0 Å². The normalized spacial score (nSPS) is 20.8. The number of aliphatic imine (C=N–C) groups is 1. The second kappa shape index (κ2) is 12.4. The van der Waals surface area contributed by atoms with Crippen LogP contribution in [0.4, 0.5) is 4.79 Å². The van der Waals surface area contributed by atoms with Gasteiger partial charge in [-0.15, -0.1) is 0 Å². The van der Waals surface area contributed by atoms with Crippen molar-refractivity contribution in [3.05, 3.63) is 23.8 Å². The molecule has 1 aliphatic carbocycles. The molecule has 10 nitrogen and oxygen atoms in total. The lowest BCUT2D eigenvalue weighted by Crippen LogP contribution is -2.46. The minimum absolute atomic E-state index is 0.0249. The van der Waals surface area contributed by atoms with Crippen LogP contribution in [0.3, 0.4) is 0 Å². The number of carbonyl (C=O) groups is 4. The van der Waals surface area contributed by atoms with Gasteiger partial charge in [0.05, 0.1) is 37.5 Å². The lowest BCUT2D eigenvalue weighted by atomic mass is 9.92. The summed E-state index contributed by atoms with van der Waals surface area (Å²) in [5.41, 5.74) is 0.510. The first kappa shape index (κ1) is 24.8. The first-order valence-corrected chi connectivity index (χ1v) is 11.5. The molecule has 0 radical (unpaired) electrons. The van der Waals surface area contributed by atoms with Gasteiger partial charge < -0.3 is 14.8 Å². The summed E-state index contributed by atoms with van der Waals surface area (Å²) >= 11 is 0. The summed E-state index contributed by atoms with van der Waals surface area (Å²) in [6, 6.07) is -0.625. The fourth-order valence-corrected chi connectivity index (χ4v) is 3.97. The van der Waals surface area contributed by atoms with Gasteiger partial charge in [-0.25, -0.2) is 9.59 Å². The standard InChI is InChI=1S/C23H32N4O6/c1-32-22(30)17-7-8-18-19(16-17)25-23(31)27(21(18)29)11-4-2-3-6-20(28)24-9-5-10-26-12-14-33-15-13-26/h7-8,16,18H,2-6,9-15H2,1H3,(H,24,28). The Bertz CT molecular complexity index is 844. The number of allylic oxidation sites excluding steroid dienone is 1. The summed E-state index contributed by atoms with van der Waals surface area (Å²) in [6.45, 7) is 5.33. The third-order valence-electron chi connectivity index (χ3n) is 5.86. The molecule has 4 amide bonds. The van der Waals surface area contributed by atoms with Gasteiger partial charge in [-0.05, 0) is 31.9 Å². The van der Waals surface area contributed by atoms with Crippen LogP contribution in [0.15, 0.2) is 28.8 Å². The van der Waals surface area contributed by atoms with E-state index in [1.165, 1.54) is 19.3 Å². The summed E-state index contributed by atoms with van der Waals surface area (Å²) in [6.07, 6.45) is 7.86. The predicted molar refractivity (Wildman–Crippen MR) is 121 cm³/mol. The molecule has 1 atom stereocenters. The van der Waals surface area contributed by atoms with E-state index in [4.69, 9.17) is 4.74 Å². The van der Waals surface area contributed by atoms with Crippen molar-refractivity contribution in [1.29, 1.82) is 0 Å². The summed E-state index contributed by atoms with van der Waals surface area (Å²) in [5, 5.41) is 2.94. The van der Waals surface area contributed by atoms with E-state index < -0.39 is 17.9 Å². The van der Waals surface area contributed by atoms with Crippen LogP contribution in [0.2, 0.25) is 0 Å². The van der Waals surface area contributed by atoms with E-state index >= 15 is 0 Å². The Morgan fingerprint density at radius 2 is 1.94 bits per heavy atom. The fraction of sp³-hybridized carbons (Fsp3) is 0.609. The van der Waals surface area contributed by atoms with Crippen molar-refractivity contribution < 1.29 is 28.7 Å². The number of morpholine rings is 1. The first-order valence-electron chi connectivity index (χ1n) is 11.5. The molecule has 0 bridgehead atoms. The van der Waals surface area contributed by atoms with Gasteiger partial charge in [0, 0.05) is 32.6 Å². The molecule has 1 unspecified atom stereocenters. The Labute approximate surface area is 193 Å². The van der Waals surface area contributed by atoms with Crippen molar-refractivity contribution in [1.82, 2.24) is 15.1 Å². The van der Waals surface area contributed by atoms with Gasteiger partial charge >= 0.3 is 12.0 Å². The van der Waals surface area contributed by atoms with Crippen molar-refractivity contribution >= 4 is 29.5 Å². The number of hydrogen-bond acceptors (Lipinski definition) is 7. The number of nitrogens with zero attached hydrogens (tertiary/aromatic N) is 3. The molecule has 3 rings (SSSR count). The molecule has 0 aromatic heterocycles. The van der Waals surface area contributed by atoms with Crippen LogP contribution >= 0.6 is 0 Å². The molecule has 180 valence electrons. The SMILES string of the molecule is COC(=O)C1=CC2=NC(=O)N(CCCCCC(=O)NCCCN3CCOCC3)C(=O)C2C=C1. The number of rotatable bonds is 11. The van der Waals surface area contributed by atoms with E-state index in [0.717, 1.165) is 50.6 Å². The molecule has 1 N–H and O–H groups in total. The van der Waals surface area contributed by atoms with E-state index in [-0.39, 0.29) is 29.6 Å². The minimum Gasteiger partial charge on any atom is -0.465 e. The molecule has 3 aliphatic rings. The Morgan fingerprint density at radius 1 is 1.15 bits per heavy atom. The Kier molecular flexibility index (Phi) is 9.32. The Balaban J connectivity index is 1.32. The van der Waals surface area contributed by atoms with Gasteiger partial charge in [-0.1, -0.05) is 18.6 Å². The van der Waals surface area contributed by atoms with E-state index in [9.17, 15) is 19.2 Å². The molecule has 0 aromatic rings. The van der Waals surface area contributed by atoms with Crippen molar-refractivity contribution in [2.45, 2.75) is 32.1 Å². The number of amides is 4. The molecule has 0 saturated carbocycles. The maximum absolute atomic E-state index is 12.7. The van der Waals surface area contributed by atoms with Crippen LogP contribution in [0, 0.1) is 5.92 Å². The van der Waals surface area contributed by atoms with Crippen LogP contribution in [0.1, 0.15) is 32.1 Å². The van der Waals surface area contributed by atoms with Crippen LogP contribution in [0.5, 0.6) is 0 Å². The quantitative estimate of drug-likeness (QED) is 0.362. The number of esters is 1. The third-order valence-corrected chi connectivity index (χ3v) is 5.86. The average Bonchev–Trinajstić information content (AvgIpc) is 2.83. The smallest absolute Gasteiger partial charge is 0.350 e. The van der Waals surface area contributed by atoms with Crippen LogP contribution in [-0.2, 0) is 23.9 Å². The van der Waals surface area contributed by atoms with Crippen LogP contribution < -0.4 is 5.32 Å². The maximum Gasteiger partial charge on any atom is 0.350 e. The number of ether oxygens (including phenoxy) is 2. The zero-order valence-corrected chi connectivity index (χ0v) is 19.1. The molecule has 0 spiro atoms. The van der Waals surface area contributed by atoms with Crippen molar-refractivity contribution in [3.8, 4) is 0 Å². The summed E-state index contributed by atoms with van der Waals surface area (Å²) in [4.78, 5) is 56.1. The van der Waals surface area contributed by atoms with E-state index in [2.05, 4.69) is 19.9 Å². The molecular weight excluding hydrogens is 428 g/mol. The van der Waals surface area contributed by atoms with Gasteiger partial charge in [-0.2, -0.15) is 4.99 Å². The van der Waals surface area contributed by atoms with E-state index in [1.807, 2.05) is 0 Å². The van der Waals surface area contributed by atoms with Gasteiger partial charge in [-0.3, -0.25) is 19.4 Å². The number of imide groups is 1. The predicted octanol–water partition coefficient (Wildman–Crippen LogP) is 1.07. The third kappa shape index (κ3) is 7.06. The molecule has 1 fully saturated rings. The summed E-state index contributed by atoms with van der Waals surface area (Å²) in [5.74, 6) is -1.54. The molecule has 10 heteroatoms. The molecule has 2 aliphatic heterocycles. The summed E-state index contributed by atoms with van der Waals surface area (Å²) < 4.78 is 9.98. The van der Waals surface area contributed by atoms with Crippen molar-refractivity contribution in [2.75, 3.05) is 53.0 Å². The lowest BCUT2D eigenvalue weighted by Gasteiger charge is -2.28. The zero-order chi connectivity index (χ0) is 23.6. The highest BCUT2D eigenvalue weighted by atomic mass is 16.5. The number of unbranched alkanes of at least 4 members (excludes halogenated alkanes) is 2. The van der Waals surface area contributed by atoms with Gasteiger partial charge in [0.2, 0.25) is 11.8 Å². The minimum atomic E-state index is -0.667.